The van der Waals surface area contributed by atoms with Gasteiger partial charge in [0.05, 0.1) is 0 Å². The van der Waals surface area contributed by atoms with Crippen molar-refractivity contribution in [3.05, 3.63) is 60.2 Å². The maximum absolute atomic E-state index is 11.7. The lowest BCUT2D eigenvalue weighted by Gasteiger charge is -2.20. The van der Waals surface area contributed by atoms with Gasteiger partial charge in [-0.05, 0) is 50.6 Å². The fourth-order valence-corrected chi connectivity index (χ4v) is 2.08. The number of nitrogens with one attached hydrogen (secondary N) is 3. The van der Waals surface area contributed by atoms with Crippen molar-refractivity contribution in [2.24, 2.45) is 0 Å². The van der Waals surface area contributed by atoms with E-state index in [0.717, 1.165) is 11.3 Å². The zero-order chi connectivity index (χ0) is 17.4. The molecule has 128 valence electrons. The van der Waals surface area contributed by atoms with E-state index in [9.17, 15) is 4.79 Å². The molecule has 0 heterocycles. The third-order valence-electron chi connectivity index (χ3n) is 3.11. The number of carbonyl (C=O) groups excluding carboxylic acids is 1. The Balaban J connectivity index is 1.73. The molecule has 0 spiro atoms. The molecule has 0 bridgehead atoms. The molecular weight excluding hydrogens is 302 g/mol. The summed E-state index contributed by atoms with van der Waals surface area (Å²) in [6, 6.07) is 17.6. The summed E-state index contributed by atoms with van der Waals surface area (Å²) < 4.78 is 5.49. The molecular formula is C19H25N3O2. The first-order valence-electron chi connectivity index (χ1n) is 7.99. The van der Waals surface area contributed by atoms with E-state index in [1.165, 1.54) is 0 Å². The van der Waals surface area contributed by atoms with Crippen LogP contribution in [0.25, 0.3) is 0 Å². The Labute approximate surface area is 143 Å². The van der Waals surface area contributed by atoms with Crippen molar-refractivity contribution >= 4 is 11.6 Å². The molecule has 0 saturated heterocycles. The molecule has 0 saturated carbocycles. The Morgan fingerprint density at radius 1 is 1.00 bits per heavy atom. The Morgan fingerprint density at radius 2 is 1.67 bits per heavy atom. The van der Waals surface area contributed by atoms with E-state index in [1.807, 2.05) is 75.4 Å². The quantitative estimate of drug-likeness (QED) is 0.684. The molecule has 5 nitrogen and oxygen atoms in total. The molecule has 0 radical (unpaired) electrons. The van der Waals surface area contributed by atoms with Gasteiger partial charge in [0.15, 0.2) is 6.61 Å². The van der Waals surface area contributed by atoms with Gasteiger partial charge in [-0.15, -0.1) is 0 Å². The number of para-hydroxylation sites is 1. The summed E-state index contributed by atoms with van der Waals surface area (Å²) in [7, 11) is 0. The van der Waals surface area contributed by atoms with E-state index in [0.29, 0.717) is 12.3 Å². The van der Waals surface area contributed by atoms with Crippen LogP contribution < -0.4 is 20.9 Å². The predicted octanol–water partition coefficient (Wildman–Crippen LogP) is 3.10. The normalized spacial score (nSPS) is 11.0. The average Bonchev–Trinajstić information content (AvgIpc) is 2.53. The molecule has 0 fully saturated rings. The third kappa shape index (κ3) is 6.71. The monoisotopic (exact) mass is 327 g/mol. The first kappa shape index (κ1) is 17.8. The Kier molecular flexibility index (Phi) is 6.21. The van der Waals surface area contributed by atoms with E-state index in [1.54, 1.807) is 0 Å². The van der Waals surface area contributed by atoms with Crippen molar-refractivity contribution in [2.45, 2.75) is 32.9 Å². The van der Waals surface area contributed by atoms with E-state index >= 15 is 0 Å². The zero-order valence-corrected chi connectivity index (χ0v) is 14.4. The van der Waals surface area contributed by atoms with Crippen molar-refractivity contribution in [1.29, 1.82) is 0 Å². The Hall–Kier alpha value is -2.53. The van der Waals surface area contributed by atoms with Crippen molar-refractivity contribution in [2.75, 3.05) is 12.0 Å². The number of hydrogen-bond acceptors (Lipinski definition) is 4. The van der Waals surface area contributed by atoms with Crippen LogP contribution in [-0.2, 0) is 11.3 Å². The van der Waals surface area contributed by atoms with E-state index < -0.39 is 0 Å². The first-order chi connectivity index (χ1) is 11.4. The summed E-state index contributed by atoms with van der Waals surface area (Å²) in [4.78, 5) is 11.7. The van der Waals surface area contributed by atoms with Gasteiger partial charge in [-0.2, -0.15) is 0 Å². The van der Waals surface area contributed by atoms with Crippen molar-refractivity contribution in [1.82, 2.24) is 10.7 Å². The van der Waals surface area contributed by atoms with Crippen LogP contribution in [0, 0.1) is 0 Å². The summed E-state index contributed by atoms with van der Waals surface area (Å²) in [5.74, 6) is 0.555. The largest absolute Gasteiger partial charge is 0.484 e. The number of anilines is 1. The van der Waals surface area contributed by atoms with Gasteiger partial charge < -0.3 is 15.5 Å². The van der Waals surface area contributed by atoms with Crippen LogP contribution in [0.1, 0.15) is 26.3 Å². The molecule has 3 N–H and O–H groups in total. The number of carbonyl (C=O) groups is 1. The van der Waals surface area contributed by atoms with Crippen LogP contribution in [0.2, 0.25) is 0 Å². The summed E-state index contributed by atoms with van der Waals surface area (Å²) in [5, 5.41) is 2.86. The smallest absolute Gasteiger partial charge is 0.258 e. The number of hydrazine groups is 1. The summed E-state index contributed by atoms with van der Waals surface area (Å²) in [6.45, 7) is 6.52. The second-order valence-electron chi connectivity index (χ2n) is 6.58. The summed E-state index contributed by atoms with van der Waals surface area (Å²) >= 11 is 0. The molecule has 2 rings (SSSR count). The average molecular weight is 327 g/mol. The highest BCUT2D eigenvalue weighted by atomic mass is 16.5. The van der Waals surface area contributed by atoms with Crippen molar-refractivity contribution in [3.8, 4) is 5.75 Å². The highest BCUT2D eigenvalue weighted by molar-refractivity contribution is 5.78. The van der Waals surface area contributed by atoms with Crippen LogP contribution in [0.4, 0.5) is 5.69 Å². The molecule has 2 aromatic carbocycles. The van der Waals surface area contributed by atoms with Crippen LogP contribution in [0.3, 0.4) is 0 Å². The second-order valence-corrected chi connectivity index (χ2v) is 6.58. The molecule has 5 heteroatoms. The lowest BCUT2D eigenvalue weighted by molar-refractivity contribution is -0.124. The van der Waals surface area contributed by atoms with Crippen LogP contribution in [0.15, 0.2) is 54.6 Å². The molecule has 1 amide bonds. The predicted molar refractivity (Wildman–Crippen MR) is 96.7 cm³/mol. The van der Waals surface area contributed by atoms with Crippen LogP contribution in [0.5, 0.6) is 5.75 Å². The van der Waals surface area contributed by atoms with Gasteiger partial charge in [0.25, 0.3) is 5.91 Å². The van der Waals surface area contributed by atoms with Gasteiger partial charge in [0, 0.05) is 17.8 Å². The lowest BCUT2D eigenvalue weighted by atomic mass is 10.1. The number of rotatable bonds is 7. The first-order valence-corrected chi connectivity index (χ1v) is 7.99. The molecule has 0 atom stereocenters. The van der Waals surface area contributed by atoms with Gasteiger partial charge in [-0.25, -0.2) is 5.43 Å². The van der Waals surface area contributed by atoms with Gasteiger partial charge in [-0.3, -0.25) is 4.79 Å². The molecule has 0 aliphatic rings. The maximum Gasteiger partial charge on any atom is 0.258 e. The topological polar surface area (TPSA) is 62.4 Å². The lowest BCUT2D eigenvalue weighted by Crippen LogP contribution is -2.43. The second kappa shape index (κ2) is 8.36. The SMILES string of the molecule is CC(C)(C)NC(=O)COc1ccc(CNNc2ccccc2)cc1. The zero-order valence-electron chi connectivity index (χ0n) is 14.4. The minimum Gasteiger partial charge on any atom is -0.484 e. The molecule has 2 aromatic rings. The summed E-state index contributed by atoms with van der Waals surface area (Å²) in [5.41, 5.74) is 8.18. The van der Waals surface area contributed by atoms with Crippen LogP contribution >= 0.6 is 0 Å². The van der Waals surface area contributed by atoms with Gasteiger partial charge in [-0.1, -0.05) is 30.3 Å². The number of hydrogen-bond donors (Lipinski definition) is 3. The molecule has 0 aliphatic carbocycles. The van der Waals surface area contributed by atoms with E-state index in [2.05, 4.69) is 16.2 Å². The minimum absolute atomic E-state index is 0.0183. The standard InChI is InChI=1S/C19H25N3O2/c1-19(2,3)21-18(23)14-24-17-11-9-15(10-12-17)13-20-22-16-7-5-4-6-8-16/h4-12,20,22H,13-14H2,1-3H3,(H,21,23). The fourth-order valence-electron chi connectivity index (χ4n) is 2.08. The molecule has 0 aromatic heterocycles. The van der Waals surface area contributed by atoms with Crippen molar-refractivity contribution in [3.63, 3.8) is 0 Å². The maximum atomic E-state index is 11.7. The molecule has 24 heavy (non-hydrogen) atoms. The number of amides is 1. The highest BCUT2D eigenvalue weighted by Crippen LogP contribution is 2.12. The van der Waals surface area contributed by atoms with Gasteiger partial charge in [0.2, 0.25) is 0 Å². The van der Waals surface area contributed by atoms with Gasteiger partial charge in [0.1, 0.15) is 5.75 Å². The van der Waals surface area contributed by atoms with E-state index in [4.69, 9.17) is 4.74 Å². The third-order valence-corrected chi connectivity index (χ3v) is 3.11. The Bertz CT molecular complexity index is 634. The van der Waals surface area contributed by atoms with E-state index in [-0.39, 0.29) is 18.1 Å². The fraction of sp³-hybridized carbons (Fsp3) is 0.316. The number of benzene rings is 2. The number of ether oxygens (including phenoxy) is 1. The molecule has 0 aliphatic heterocycles. The Morgan fingerprint density at radius 3 is 2.29 bits per heavy atom. The minimum atomic E-state index is -0.248. The highest BCUT2D eigenvalue weighted by Gasteiger charge is 2.13. The van der Waals surface area contributed by atoms with Crippen LogP contribution in [-0.4, -0.2) is 18.1 Å². The molecule has 0 unspecified atom stereocenters. The van der Waals surface area contributed by atoms with Crippen molar-refractivity contribution < 1.29 is 9.53 Å². The summed E-state index contributed by atoms with van der Waals surface area (Å²) in [6.07, 6.45) is 0. The van der Waals surface area contributed by atoms with Gasteiger partial charge >= 0.3 is 0 Å².